The highest BCUT2D eigenvalue weighted by Gasteiger charge is 2.41. The number of likely N-dealkylation sites (tertiary alicyclic amines) is 1. The number of aliphatic hydroxyl groups is 1. The maximum absolute atomic E-state index is 13.3. The van der Waals surface area contributed by atoms with E-state index in [0.717, 1.165) is 0 Å². The summed E-state index contributed by atoms with van der Waals surface area (Å²) in [7, 11) is 0. The average molecular weight is 331 g/mol. The summed E-state index contributed by atoms with van der Waals surface area (Å²) < 4.78 is 19.0. The van der Waals surface area contributed by atoms with Crippen molar-refractivity contribution in [1.29, 1.82) is 0 Å². The lowest BCUT2D eigenvalue weighted by molar-refractivity contribution is -0.0901. The topological polar surface area (TPSA) is 75.5 Å². The molecule has 3 rings (SSSR count). The molecular formula is C17H18FN3O3. The number of nitrogens with zero attached hydrogens (tertiary/aromatic N) is 3. The molecular weight excluding hydrogens is 313 g/mol. The Bertz CT molecular complexity index is 724. The van der Waals surface area contributed by atoms with Gasteiger partial charge in [0.1, 0.15) is 23.3 Å². The van der Waals surface area contributed by atoms with Crippen LogP contribution in [0.2, 0.25) is 0 Å². The van der Waals surface area contributed by atoms with Crippen molar-refractivity contribution >= 4 is 5.91 Å². The molecule has 1 fully saturated rings. The number of carbonyl (C=O) groups is 1. The molecule has 1 saturated heterocycles. The first-order chi connectivity index (χ1) is 11.5. The van der Waals surface area contributed by atoms with Crippen LogP contribution in [0.15, 0.2) is 42.7 Å². The number of halogens is 1. The van der Waals surface area contributed by atoms with E-state index in [0.29, 0.717) is 18.7 Å². The Hall–Kier alpha value is -2.54. The number of hydrogen-bond acceptors (Lipinski definition) is 5. The van der Waals surface area contributed by atoms with Crippen molar-refractivity contribution in [2.45, 2.75) is 25.0 Å². The van der Waals surface area contributed by atoms with Gasteiger partial charge in [-0.05, 0) is 25.1 Å². The van der Waals surface area contributed by atoms with Crippen molar-refractivity contribution in [1.82, 2.24) is 14.9 Å². The highest BCUT2D eigenvalue weighted by Crippen LogP contribution is 2.27. The van der Waals surface area contributed by atoms with Gasteiger partial charge in [-0.1, -0.05) is 6.07 Å². The van der Waals surface area contributed by atoms with E-state index in [2.05, 4.69) is 9.97 Å². The lowest BCUT2D eigenvalue weighted by atomic mass is 9.91. The SMILES string of the molecule is C[C@]1(O)CN(C(=O)c2ncccn2)CC[C@@H]1Oc1cccc(F)c1. The van der Waals surface area contributed by atoms with Crippen molar-refractivity contribution in [2.75, 3.05) is 13.1 Å². The van der Waals surface area contributed by atoms with Gasteiger partial charge in [0.25, 0.3) is 5.91 Å². The molecule has 1 amide bonds. The Morgan fingerprint density at radius 1 is 1.38 bits per heavy atom. The van der Waals surface area contributed by atoms with E-state index in [1.807, 2.05) is 0 Å². The van der Waals surface area contributed by atoms with E-state index < -0.39 is 17.5 Å². The zero-order valence-electron chi connectivity index (χ0n) is 13.2. The number of piperidine rings is 1. The van der Waals surface area contributed by atoms with E-state index in [4.69, 9.17) is 4.74 Å². The number of benzene rings is 1. The van der Waals surface area contributed by atoms with Crippen molar-refractivity contribution in [3.8, 4) is 5.75 Å². The van der Waals surface area contributed by atoms with Crippen LogP contribution in [0.4, 0.5) is 4.39 Å². The largest absolute Gasteiger partial charge is 0.487 e. The fraction of sp³-hybridized carbons (Fsp3) is 0.353. The first kappa shape index (κ1) is 16.3. The molecule has 0 spiro atoms. The third kappa shape index (κ3) is 3.51. The van der Waals surface area contributed by atoms with Gasteiger partial charge < -0.3 is 14.7 Å². The van der Waals surface area contributed by atoms with Gasteiger partial charge in [0.2, 0.25) is 5.82 Å². The molecule has 2 heterocycles. The third-order valence-corrected chi connectivity index (χ3v) is 3.98. The van der Waals surface area contributed by atoms with Crippen LogP contribution in [0.1, 0.15) is 24.0 Å². The van der Waals surface area contributed by atoms with E-state index in [-0.39, 0.29) is 18.3 Å². The van der Waals surface area contributed by atoms with Crippen LogP contribution in [0.25, 0.3) is 0 Å². The molecule has 0 radical (unpaired) electrons. The summed E-state index contributed by atoms with van der Waals surface area (Å²) in [4.78, 5) is 21.8. The van der Waals surface area contributed by atoms with Crippen LogP contribution in [-0.4, -0.2) is 50.7 Å². The number of rotatable bonds is 3. The Balaban J connectivity index is 1.69. The summed E-state index contributed by atoms with van der Waals surface area (Å²) in [5, 5.41) is 10.7. The zero-order chi connectivity index (χ0) is 17.2. The number of amides is 1. The maximum Gasteiger partial charge on any atom is 0.291 e. The van der Waals surface area contributed by atoms with Crippen LogP contribution < -0.4 is 4.74 Å². The molecule has 2 aromatic rings. The highest BCUT2D eigenvalue weighted by atomic mass is 19.1. The molecule has 1 aromatic heterocycles. The molecule has 6 nitrogen and oxygen atoms in total. The van der Waals surface area contributed by atoms with E-state index in [9.17, 15) is 14.3 Å². The van der Waals surface area contributed by atoms with Gasteiger partial charge in [-0.15, -0.1) is 0 Å². The highest BCUT2D eigenvalue weighted by molar-refractivity contribution is 5.90. The lowest BCUT2D eigenvalue weighted by Crippen LogP contribution is -2.58. The summed E-state index contributed by atoms with van der Waals surface area (Å²) in [5.41, 5.74) is -1.27. The molecule has 1 N–H and O–H groups in total. The molecule has 0 saturated carbocycles. The number of ether oxygens (including phenoxy) is 1. The predicted molar refractivity (Wildman–Crippen MR) is 84.0 cm³/mol. The molecule has 126 valence electrons. The first-order valence-electron chi connectivity index (χ1n) is 7.66. The molecule has 0 unspecified atom stereocenters. The van der Waals surface area contributed by atoms with Crippen molar-refractivity contribution in [3.05, 3.63) is 54.4 Å². The minimum Gasteiger partial charge on any atom is -0.487 e. The summed E-state index contributed by atoms with van der Waals surface area (Å²) in [6.45, 7) is 2.08. The van der Waals surface area contributed by atoms with Crippen LogP contribution in [-0.2, 0) is 0 Å². The van der Waals surface area contributed by atoms with Crippen LogP contribution in [0.3, 0.4) is 0 Å². The van der Waals surface area contributed by atoms with Gasteiger partial charge in [-0.3, -0.25) is 4.79 Å². The third-order valence-electron chi connectivity index (χ3n) is 3.98. The molecule has 0 bridgehead atoms. The molecule has 0 aliphatic carbocycles. The maximum atomic E-state index is 13.3. The van der Waals surface area contributed by atoms with Gasteiger partial charge in [0.15, 0.2) is 0 Å². The molecule has 1 aliphatic rings. The van der Waals surface area contributed by atoms with Crippen molar-refractivity contribution < 1.29 is 19.0 Å². The average Bonchev–Trinajstić information content (AvgIpc) is 2.56. The van der Waals surface area contributed by atoms with Crippen molar-refractivity contribution in [2.24, 2.45) is 0 Å². The molecule has 1 aliphatic heterocycles. The van der Waals surface area contributed by atoms with Crippen LogP contribution >= 0.6 is 0 Å². The number of aromatic nitrogens is 2. The molecule has 1 aromatic carbocycles. The number of β-amino-alcohol motifs (C(OH)–C–C–N with tert-alkyl or cyclic N) is 1. The fourth-order valence-corrected chi connectivity index (χ4v) is 2.77. The molecule has 24 heavy (non-hydrogen) atoms. The minimum absolute atomic E-state index is 0.0874. The van der Waals surface area contributed by atoms with E-state index >= 15 is 0 Å². The fourth-order valence-electron chi connectivity index (χ4n) is 2.77. The molecule has 7 heteroatoms. The Morgan fingerprint density at radius 2 is 2.12 bits per heavy atom. The van der Waals surface area contributed by atoms with Crippen LogP contribution in [0, 0.1) is 5.82 Å². The lowest BCUT2D eigenvalue weighted by Gasteiger charge is -2.42. The second kappa shape index (κ2) is 6.52. The Labute approximate surface area is 138 Å². The number of carbonyl (C=O) groups excluding carboxylic acids is 1. The Kier molecular flexibility index (Phi) is 4.44. The van der Waals surface area contributed by atoms with Gasteiger partial charge in [0, 0.05) is 31.4 Å². The summed E-state index contributed by atoms with van der Waals surface area (Å²) >= 11 is 0. The monoisotopic (exact) mass is 331 g/mol. The first-order valence-corrected chi connectivity index (χ1v) is 7.66. The quantitative estimate of drug-likeness (QED) is 0.926. The minimum atomic E-state index is -1.27. The summed E-state index contributed by atoms with van der Waals surface area (Å²) in [6.07, 6.45) is 2.87. The van der Waals surface area contributed by atoms with Gasteiger partial charge in [-0.25, -0.2) is 14.4 Å². The standard InChI is InChI=1S/C17H18FN3O3/c1-17(23)11-21(16(22)15-19-7-3-8-20-15)9-6-14(17)24-13-5-2-4-12(18)10-13/h2-5,7-8,10,14,23H,6,9,11H2,1H3/t14-,17-/m0/s1. The smallest absolute Gasteiger partial charge is 0.291 e. The van der Waals surface area contributed by atoms with E-state index in [1.165, 1.54) is 29.4 Å². The second-order valence-electron chi connectivity index (χ2n) is 6.01. The summed E-state index contributed by atoms with van der Waals surface area (Å²) in [5.74, 6) is -0.287. The van der Waals surface area contributed by atoms with Gasteiger partial charge in [-0.2, -0.15) is 0 Å². The number of hydrogen-bond donors (Lipinski definition) is 1. The second-order valence-corrected chi connectivity index (χ2v) is 6.01. The van der Waals surface area contributed by atoms with Gasteiger partial charge in [0.05, 0.1) is 6.54 Å². The van der Waals surface area contributed by atoms with Crippen LogP contribution in [0.5, 0.6) is 5.75 Å². The predicted octanol–water partition coefficient (Wildman–Crippen LogP) is 1.66. The Morgan fingerprint density at radius 3 is 2.79 bits per heavy atom. The normalized spacial score (nSPS) is 23.8. The zero-order valence-corrected chi connectivity index (χ0v) is 13.2. The summed E-state index contributed by atoms with van der Waals surface area (Å²) in [6, 6.07) is 7.41. The molecule has 2 atom stereocenters. The van der Waals surface area contributed by atoms with E-state index in [1.54, 1.807) is 25.1 Å². The van der Waals surface area contributed by atoms with Gasteiger partial charge >= 0.3 is 0 Å². The van der Waals surface area contributed by atoms with Crippen molar-refractivity contribution in [3.63, 3.8) is 0 Å².